The van der Waals surface area contributed by atoms with E-state index in [1.165, 1.54) is 13.8 Å². The maximum Gasteiger partial charge on any atom is 1.00 e. The summed E-state index contributed by atoms with van der Waals surface area (Å²) in [5.74, 6) is -1.68. The number of hydrogen-bond donors (Lipinski definition) is 0. The monoisotopic (exact) mass is 304 g/mol. The van der Waals surface area contributed by atoms with Gasteiger partial charge in [0.05, 0.1) is 16.7 Å². The first kappa shape index (κ1) is 21.0. The van der Waals surface area contributed by atoms with Crippen molar-refractivity contribution in [2.24, 2.45) is 5.41 Å². The van der Waals surface area contributed by atoms with Gasteiger partial charge in [-0.3, -0.25) is 9.59 Å². The SMILES string of the molecule is CCOC(=O)C(C)(CCCS(=O)(=O)[O-])C(C)=O.[K+]. The van der Waals surface area contributed by atoms with Crippen LogP contribution in [0.3, 0.4) is 0 Å². The van der Waals surface area contributed by atoms with E-state index in [1.807, 2.05) is 0 Å². The standard InChI is InChI=1S/C10H18O6S.K/c1-4-16-9(12)10(3,8(2)11)6-5-7-17(13,14)15;/h4-7H2,1-3H3,(H,13,14,15);/q;+1/p-1. The summed E-state index contributed by atoms with van der Waals surface area (Å²) in [6, 6.07) is 0. The van der Waals surface area contributed by atoms with Crippen LogP contribution in [0.5, 0.6) is 0 Å². The van der Waals surface area contributed by atoms with Crippen LogP contribution in [0.1, 0.15) is 33.6 Å². The van der Waals surface area contributed by atoms with E-state index < -0.39 is 33.0 Å². The smallest absolute Gasteiger partial charge is 0.748 e. The second-order valence-electron chi connectivity index (χ2n) is 3.97. The summed E-state index contributed by atoms with van der Waals surface area (Å²) in [5.41, 5.74) is -1.37. The van der Waals surface area contributed by atoms with Crippen molar-refractivity contribution in [3.05, 3.63) is 0 Å². The van der Waals surface area contributed by atoms with E-state index in [2.05, 4.69) is 0 Å². The third-order valence-corrected chi connectivity index (χ3v) is 3.36. The fourth-order valence-electron chi connectivity index (χ4n) is 1.31. The van der Waals surface area contributed by atoms with Gasteiger partial charge in [-0.05, 0) is 33.6 Å². The predicted octanol–water partition coefficient (Wildman–Crippen LogP) is -2.53. The molecule has 0 aliphatic rings. The molecule has 0 N–H and O–H groups in total. The molecule has 0 aromatic carbocycles. The van der Waals surface area contributed by atoms with Crippen molar-refractivity contribution < 1.29 is 78.7 Å². The van der Waals surface area contributed by atoms with E-state index in [1.54, 1.807) is 6.92 Å². The van der Waals surface area contributed by atoms with Crippen molar-refractivity contribution in [2.45, 2.75) is 33.6 Å². The molecule has 0 saturated heterocycles. The van der Waals surface area contributed by atoms with E-state index in [4.69, 9.17) is 4.74 Å². The second-order valence-corrected chi connectivity index (χ2v) is 5.50. The Hall–Kier alpha value is 0.686. The average Bonchev–Trinajstić information content (AvgIpc) is 2.15. The first-order chi connectivity index (χ1) is 7.63. The Morgan fingerprint density at radius 2 is 1.83 bits per heavy atom. The first-order valence-corrected chi connectivity index (χ1v) is 6.83. The van der Waals surface area contributed by atoms with Gasteiger partial charge in [0.25, 0.3) is 0 Å². The minimum absolute atomic E-state index is 0. The summed E-state index contributed by atoms with van der Waals surface area (Å²) < 4.78 is 36.0. The zero-order valence-electron chi connectivity index (χ0n) is 11.2. The molecule has 100 valence electrons. The summed E-state index contributed by atoms with van der Waals surface area (Å²) in [5, 5.41) is 0. The third kappa shape index (κ3) is 7.32. The average molecular weight is 304 g/mol. The summed E-state index contributed by atoms with van der Waals surface area (Å²) in [4.78, 5) is 23.0. The molecule has 8 heteroatoms. The van der Waals surface area contributed by atoms with E-state index in [-0.39, 0.29) is 70.8 Å². The van der Waals surface area contributed by atoms with Crippen LogP contribution >= 0.6 is 0 Å². The largest absolute Gasteiger partial charge is 1.00 e. The molecular formula is C10H17KO6S. The van der Waals surface area contributed by atoms with Gasteiger partial charge >= 0.3 is 57.4 Å². The fourth-order valence-corrected chi connectivity index (χ4v) is 1.81. The molecule has 0 radical (unpaired) electrons. The topological polar surface area (TPSA) is 101 Å². The Balaban J connectivity index is 0. The first-order valence-electron chi connectivity index (χ1n) is 5.25. The molecule has 0 rings (SSSR count). The van der Waals surface area contributed by atoms with Crippen LogP contribution < -0.4 is 51.4 Å². The van der Waals surface area contributed by atoms with E-state index in [0.29, 0.717) is 0 Å². The van der Waals surface area contributed by atoms with Gasteiger partial charge in [-0.2, -0.15) is 0 Å². The number of carbonyl (C=O) groups is 2. The van der Waals surface area contributed by atoms with Gasteiger partial charge < -0.3 is 9.29 Å². The zero-order valence-corrected chi connectivity index (χ0v) is 15.1. The Bertz CT molecular complexity index is 391. The van der Waals surface area contributed by atoms with E-state index >= 15 is 0 Å². The maximum absolute atomic E-state index is 11.6. The minimum atomic E-state index is -4.32. The van der Waals surface area contributed by atoms with Crippen LogP contribution in [0.4, 0.5) is 0 Å². The minimum Gasteiger partial charge on any atom is -0.748 e. The molecule has 0 aromatic rings. The molecule has 0 amide bonds. The number of carbonyl (C=O) groups excluding carboxylic acids is 2. The molecule has 6 nitrogen and oxygen atoms in total. The molecule has 0 aliphatic heterocycles. The maximum atomic E-state index is 11.6. The van der Waals surface area contributed by atoms with Crippen LogP contribution in [-0.2, 0) is 24.4 Å². The summed E-state index contributed by atoms with van der Waals surface area (Å²) in [6.45, 7) is 4.38. The van der Waals surface area contributed by atoms with Gasteiger partial charge in [0.2, 0.25) is 0 Å². The number of ether oxygens (including phenoxy) is 1. The Kier molecular flexibility index (Phi) is 10.2. The van der Waals surface area contributed by atoms with Gasteiger partial charge in [-0.25, -0.2) is 8.42 Å². The number of rotatable bonds is 7. The molecule has 0 bridgehead atoms. The van der Waals surface area contributed by atoms with Crippen molar-refractivity contribution in [1.29, 1.82) is 0 Å². The molecule has 0 fully saturated rings. The molecule has 0 spiro atoms. The molecular weight excluding hydrogens is 287 g/mol. The van der Waals surface area contributed by atoms with Gasteiger partial charge in [0, 0.05) is 5.75 Å². The molecule has 0 heterocycles. The second kappa shape index (κ2) is 8.78. The number of esters is 1. The molecule has 0 aromatic heterocycles. The summed E-state index contributed by atoms with van der Waals surface area (Å²) in [6.07, 6.45) is -0.0522. The van der Waals surface area contributed by atoms with Crippen molar-refractivity contribution in [3.63, 3.8) is 0 Å². The van der Waals surface area contributed by atoms with E-state index in [9.17, 15) is 22.6 Å². The molecule has 18 heavy (non-hydrogen) atoms. The number of Topliss-reactive ketones (excluding diaryl/α,β-unsaturated/α-hetero) is 1. The molecule has 0 aliphatic carbocycles. The van der Waals surface area contributed by atoms with Crippen LogP contribution in [0.2, 0.25) is 0 Å². The Morgan fingerprint density at radius 1 is 1.33 bits per heavy atom. The Labute approximate surface area is 150 Å². The summed E-state index contributed by atoms with van der Waals surface area (Å²) >= 11 is 0. The van der Waals surface area contributed by atoms with Crippen LogP contribution in [0.25, 0.3) is 0 Å². The predicted molar refractivity (Wildman–Crippen MR) is 59.2 cm³/mol. The Morgan fingerprint density at radius 3 is 2.17 bits per heavy atom. The van der Waals surface area contributed by atoms with Gasteiger partial charge in [-0.1, -0.05) is 0 Å². The quantitative estimate of drug-likeness (QED) is 0.223. The summed E-state index contributed by atoms with van der Waals surface area (Å²) in [7, 11) is -4.32. The van der Waals surface area contributed by atoms with Gasteiger partial charge in [0.1, 0.15) is 11.2 Å². The molecule has 0 saturated carbocycles. The van der Waals surface area contributed by atoms with Crippen molar-refractivity contribution in [2.75, 3.05) is 12.4 Å². The van der Waals surface area contributed by atoms with Crippen LogP contribution in [0, 0.1) is 5.41 Å². The van der Waals surface area contributed by atoms with E-state index in [0.717, 1.165) is 0 Å². The molecule has 1 atom stereocenters. The van der Waals surface area contributed by atoms with Crippen LogP contribution in [-0.4, -0.2) is 37.1 Å². The van der Waals surface area contributed by atoms with Crippen molar-refractivity contribution in [1.82, 2.24) is 0 Å². The molecule has 1 unspecified atom stereocenters. The van der Waals surface area contributed by atoms with Gasteiger partial charge in [0.15, 0.2) is 0 Å². The van der Waals surface area contributed by atoms with Gasteiger partial charge in [-0.15, -0.1) is 0 Å². The zero-order chi connectivity index (χ0) is 13.7. The van der Waals surface area contributed by atoms with Crippen molar-refractivity contribution >= 4 is 21.9 Å². The van der Waals surface area contributed by atoms with Crippen molar-refractivity contribution in [3.8, 4) is 0 Å². The fraction of sp³-hybridized carbons (Fsp3) is 0.800. The normalized spacial score (nSPS) is 14.2. The van der Waals surface area contributed by atoms with Crippen LogP contribution in [0.15, 0.2) is 0 Å². The third-order valence-electron chi connectivity index (χ3n) is 2.57. The number of ketones is 1. The number of hydrogen-bond acceptors (Lipinski definition) is 6.